The summed E-state index contributed by atoms with van der Waals surface area (Å²) in [6.45, 7) is 1.89. The van der Waals surface area contributed by atoms with Gasteiger partial charge in [0.1, 0.15) is 0 Å². The highest BCUT2D eigenvalue weighted by Crippen LogP contribution is 2.25. The number of hydrogen-bond acceptors (Lipinski definition) is 7. The largest absolute Gasteiger partial charge is 0.341 e. The first-order chi connectivity index (χ1) is 10.3. The molecule has 2 aromatic rings. The molecule has 4 N–H and O–H groups in total. The summed E-state index contributed by atoms with van der Waals surface area (Å²) in [6.07, 6.45) is 2.29. The van der Waals surface area contributed by atoms with Crippen LogP contribution < -0.4 is 21.5 Å². The molecular weight excluding hydrogens is 290 g/mol. The van der Waals surface area contributed by atoms with Crippen LogP contribution in [0, 0.1) is 0 Å². The van der Waals surface area contributed by atoms with Crippen LogP contribution in [0.4, 0.5) is 23.5 Å². The van der Waals surface area contributed by atoms with Crippen LogP contribution in [-0.2, 0) is 0 Å². The number of hydrazine groups is 1. The van der Waals surface area contributed by atoms with Gasteiger partial charge in [0.2, 0.25) is 17.8 Å². The predicted molar refractivity (Wildman–Crippen MR) is 83.8 cm³/mol. The second-order valence-corrected chi connectivity index (χ2v) is 5.13. The molecule has 0 amide bonds. The Balaban J connectivity index is 1.90. The number of aromatic nitrogens is 3. The molecule has 0 radical (unpaired) electrons. The van der Waals surface area contributed by atoms with Gasteiger partial charge in [-0.05, 0) is 25.0 Å². The molecule has 110 valence electrons. The first-order valence-corrected chi connectivity index (χ1v) is 7.13. The van der Waals surface area contributed by atoms with Gasteiger partial charge in [-0.25, -0.2) is 5.84 Å². The molecule has 1 aromatic carbocycles. The van der Waals surface area contributed by atoms with E-state index in [1.54, 1.807) is 6.07 Å². The number of halogens is 1. The highest BCUT2D eigenvalue weighted by Gasteiger charge is 2.17. The number of anilines is 4. The van der Waals surface area contributed by atoms with Crippen LogP contribution in [0.3, 0.4) is 0 Å². The van der Waals surface area contributed by atoms with Crippen LogP contribution in [0.15, 0.2) is 24.3 Å². The second kappa shape index (κ2) is 6.11. The zero-order valence-corrected chi connectivity index (χ0v) is 12.1. The number of nitrogen functional groups attached to an aromatic ring is 1. The standard InChI is InChI=1S/C13H16ClN7/c14-9-5-1-2-6-10(9)16-11-17-12(20-15)19-13(18-11)21-7-3-4-8-21/h1-2,5-6H,3-4,7-8,15H2,(H2,16,17,18,19,20). The van der Waals surface area contributed by atoms with Crippen molar-refractivity contribution in [2.45, 2.75) is 12.8 Å². The Labute approximate surface area is 127 Å². The number of hydrogen-bond donors (Lipinski definition) is 3. The van der Waals surface area contributed by atoms with Gasteiger partial charge in [0.05, 0.1) is 10.7 Å². The highest BCUT2D eigenvalue weighted by molar-refractivity contribution is 6.33. The van der Waals surface area contributed by atoms with Crippen molar-refractivity contribution < 1.29 is 0 Å². The van der Waals surface area contributed by atoms with Gasteiger partial charge >= 0.3 is 0 Å². The molecule has 8 heteroatoms. The van der Waals surface area contributed by atoms with Gasteiger partial charge in [0.15, 0.2) is 0 Å². The summed E-state index contributed by atoms with van der Waals surface area (Å²) in [4.78, 5) is 15.0. The molecular formula is C13H16ClN7. The monoisotopic (exact) mass is 305 g/mol. The molecule has 0 spiro atoms. The minimum atomic E-state index is 0.321. The van der Waals surface area contributed by atoms with Crippen LogP contribution in [0.5, 0.6) is 0 Å². The van der Waals surface area contributed by atoms with Gasteiger partial charge in [0.25, 0.3) is 0 Å². The quantitative estimate of drug-likeness (QED) is 0.589. The Hall–Kier alpha value is -2.12. The lowest BCUT2D eigenvalue weighted by Gasteiger charge is -2.16. The number of nitrogens with one attached hydrogen (secondary N) is 2. The van der Waals surface area contributed by atoms with Crippen LogP contribution in [-0.4, -0.2) is 28.0 Å². The predicted octanol–water partition coefficient (Wildman–Crippen LogP) is 2.15. The van der Waals surface area contributed by atoms with Gasteiger partial charge in [-0.2, -0.15) is 15.0 Å². The van der Waals surface area contributed by atoms with Crippen LogP contribution in [0.1, 0.15) is 12.8 Å². The Morgan fingerprint density at radius 1 is 1.05 bits per heavy atom. The normalized spacial score (nSPS) is 14.3. The Bertz CT molecular complexity index is 628. The van der Waals surface area contributed by atoms with Crippen molar-refractivity contribution in [3.05, 3.63) is 29.3 Å². The summed E-state index contributed by atoms with van der Waals surface area (Å²) in [6, 6.07) is 7.41. The summed E-state index contributed by atoms with van der Waals surface area (Å²) >= 11 is 6.13. The Kier molecular flexibility index (Phi) is 4.03. The number of nitrogens with zero attached hydrogens (tertiary/aromatic N) is 4. The molecule has 2 heterocycles. The van der Waals surface area contributed by atoms with Crippen LogP contribution >= 0.6 is 11.6 Å². The number of benzene rings is 1. The van der Waals surface area contributed by atoms with E-state index in [1.807, 2.05) is 18.2 Å². The molecule has 1 fully saturated rings. The molecule has 1 saturated heterocycles. The van der Waals surface area contributed by atoms with Crippen molar-refractivity contribution in [3.8, 4) is 0 Å². The first-order valence-electron chi connectivity index (χ1n) is 6.75. The zero-order chi connectivity index (χ0) is 14.7. The molecule has 0 atom stereocenters. The van der Waals surface area contributed by atoms with E-state index in [0.29, 0.717) is 22.9 Å². The summed E-state index contributed by atoms with van der Waals surface area (Å²) in [5.41, 5.74) is 3.21. The van der Waals surface area contributed by atoms with Crippen molar-refractivity contribution in [1.29, 1.82) is 0 Å². The lowest BCUT2D eigenvalue weighted by atomic mass is 10.3. The Morgan fingerprint density at radius 2 is 1.76 bits per heavy atom. The molecule has 3 rings (SSSR count). The molecule has 21 heavy (non-hydrogen) atoms. The third kappa shape index (κ3) is 3.14. The van der Waals surface area contributed by atoms with E-state index in [4.69, 9.17) is 17.4 Å². The van der Waals surface area contributed by atoms with E-state index in [2.05, 4.69) is 30.6 Å². The highest BCUT2D eigenvalue weighted by atomic mass is 35.5. The molecule has 0 aliphatic carbocycles. The van der Waals surface area contributed by atoms with E-state index < -0.39 is 0 Å². The number of para-hydroxylation sites is 1. The van der Waals surface area contributed by atoms with Crippen molar-refractivity contribution in [1.82, 2.24) is 15.0 Å². The molecule has 1 aliphatic heterocycles. The number of rotatable bonds is 4. The molecule has 0 unspecified atom stereocenters. The maximum atomic E-state index is 6.13. The van der Waals surface area contributed by atoms with Gasteiger partial charge < -0.3 is 10.2 Å². The molecule has 0 saturated carbocycles. The van der Waals surface area contributed by atoms with E-state index in [-0.39, 0.29) is 0 Å². The van der Waals surface area contributed by atoms with E-state index in [9.17, 15) is 0 Å². The maximum Gasteiger partial charge on any atom is 0.243 e. The van der Waals surface area contributed by atoms with E-state index in [1.165, 1.54) is 0 Å². The third-order valence-corrected chi connectivity index (χ3v) is 3.59. The molecule has 7 nitrogen and oxygen atoms in total. The third-order valence-electron chi connectivity index (χ3n) is 3.26. The van der Waals surface area contributed by atoms with Gasteiger partial charge in [-0.15, -0.1) is 0 Å². The van der Waals surface area contributed by atoms with Crippen molar-refractivity contribution in [2.24, 2.45) is 5.84 Å². The van der Waals surface area contributed by atoms with Gasteiger partial charge in [-0.1, -0.05) is 23.7 Å². The van der Waals surface area contributed by atoms with Gasteiger partial charge in [-0.3, -0.25) is 5.43 Å². The van der Waals surface area contributed by atoms with Gasteiger partial charge in [0, 0.05) is 13.1 Å². The van der Waals surface area contributed by atoms with Crippen LogP contribution in [0.2, 0.25) is 5.02 Å². The smallest absolute Gasteiger partial charge is 0.243 e. The fourth-order valence-corrected chi connectivity index (χ4v) is 2.41. The topological polar surface area (TPSA) is 92.0 Å². The Morgan fingerprint density at radius 3 is 2.48 bits per heavy atom. The molecule has 0 bridgehead atoms. The maximum absolute atomic E-state index is 6.13. The van der Waals surface area contributed by atoms with Crippen molar-refractivity contribution in [2.75, 3.05) is 28.7 Å². The fourth-order valence-electron chi connectivity index (χ4n) is 2.23. The summed E-state index contributed by atoms with van der Waals surface area (Å²) < 4.78 is 0. The zero-order valence-electron chi connectivity index (χ0n) is 11.4. The number of nitrogens with two attached hydrogens (primary N) is 1. The molecule has 1 aliphatic rings. The van der Waals surface area contributed by atoms with Crippen LogP contribution in [0.25, 0.3) is 0 Å². The average molecular weight is 306 g/mol. The summed E-state index contributed by atoms with van der Waals surface area (Å²) in [5.74, 6) is 6.78. The lowest BCUT2D eigenvalue weighted by molar-refractivity contribution is 0.882. The minimum absolute atomic E-state index is 0.321. The van der Waals surface area contributed by atoms with E-state index >= 15 is 0 Å². The summed E-state index contributed by atoms with van der Waals surface area (Å²) in [7, 11) is 0. The van der Waals surface area contributed by atoms with E-state index in [0.717, 1.165) is 31.6 Å². The lowest BCUT2D eigenvalue weighted by Crippen LogP contribution is -2.23. The minimum Gasteiger partial charge on any atom is -0.341 e. The van der Waals surface area contributed by atoms with Crippen molar-refractivity contribution in [3.63, 3.8) is 0 Å². The SMILES string of the molecule is NNc1nc(Nc2ccccc2Cl)nc(N2CCCC2)n1. The second-order valence-electron chi connectivity index (χ2n) is 4.73. The van der Waals surface area contributed by atoms with Crippen molar-refractivity contribution >= 4 is 35.1 Å². The average Bonchev–Trinajstić information content (AvgIpc) is 3.04. The first kappa shape index (κ1) is 13.8. The fraction of sp³-hybridized carbons (Fsp3) is 0.308. The summed E-state index contributed by atoms with van der Waals surface area (Å²) in [5, 5.41) is 3.69. The molecule has 1 aromatic heterocycles.